The van der Waals surface area contributed by atoms with Crippen molar-refractivity contribution in [3.63, 3.8) is 0 Å². The number of ketones is 1. The van der Waals surface area contributed by atoms with E-state index in [0.717, 1.165) is 12.5 Å². The van der Waals surface area contributed by atoms with Gasteiger partial charge in [-0.2, -0.15) is 0 Å². The van der Waals surface area contributed by atoms with Crippen LogP contribution in [-0.4, -0.2) is 51.5 Å². The van der Waals surface area contributed by atoms with Crippen LogP contribution in [-0.2, 0) is 6.42 Å². The summed E-state index contributed by atoms with van der Waals surface area (Å²) in [5.74, 6) is -1.50. The lowest BCUT2D eigenvalue weighted by molar-refractivity contribution is 0.0619. The first-order valence-electron chi connectivity index (χ1n) is 9.10. The van der Waals surface area contributed by atoms with Crippen molar-refractivity contribution in [1.82, 2.24) is 0 Å². The number of aromatic carboxylic acids is 1. The van der Waals surface area contributed by atoms with Crippen molar-refractivity contribution in [2.24, 2.45) is 0 Å². The Morgan fingerprint density at radius 1 is 1.03 bits per heavy atom. The number of carbonyl (C=O) groups excluding carboxylic acids is 1. The molecule has 2 rings (SSSR count). The number of hydrogen-bond donors (Lipinski definition) is 4. The highest BCUT2D eigenvalue weighted by atomic mass is 16.5. The molecule has 0 radical (unpaired) electrons. The summed E-state index contributed by atoms with van der Waals surface area (Å²) in [4.78, 5) is 22.5. The van der Waals surface area contributed by atoms with Crippen molar-refractivity contribution >= 4 is 11.8 Å². The van der Waals surface area contributed by atoms with Crippen LogP contribution in [0.25, 0.3) is 0 Å². The number of carbonyl (C=O) groups is 2. The lowest BCUT2D eigenvalue weighted by atomic mass is 10.0. The third-order valence-electron chi connectivity index (χ3n) is 4.19. The van der Waals surface area contributed by atoms with Gasteiger partial charge in [0.25, 0.3) is 0 Å². The lowest BCUT2D eigenvalue weighted by Gasteiger charge is -2.17. The molecule has 1 unspecified atom stereocenters. The number of aliphatic hydroxyl groups excluding tert-OH is 1. The topological polar surface area (TPSA) is 134 Å². The monoisotopic (exact) mass is 404 g/mol. The molecule has 0 fully saturated rings. The van der Waals surface area contributed by atoms with Crippen molar-refractivity contribution in [3.8, 4) is 23.0 Å². The fourth-order valence-corrected chi connectivity index (χ4v) is 2.74. The summed E-state index contributed by atoms with van der Waals surface area (Å²) in [6, 6.07) is 6.77. The van der Waals surface area contributed by atoms with Gasteiger partial charge < -0.3 is 29.9 Å². The van der Waals surface area contributed by atoms with Crippen LogP contribution in [0.1, 0.15) is 46.5 Å². The molecule has 0 aliphatic rings. The molecule has 1 atom stereocenters. The summed E-state index contributed by atoms with van der Waals surface area (Å²) in [7, 11) is 0. The number of carboxylic acid groups (broad SMARTS) is 1. The highest BCUT2D eigenvalue weighted by Gasteiger charge is 2.17. The third-order valence-corrected chi connectivity index (χ3v) is 4.19. The number of aliphatic hydroxyl groups is 1. The molecule has 0 bridgehead atoms. The number of Topliss-reactive ketones (excluding diaryl/α,β-unsaturated/α-hetero) is 1. The standard InChI is InChI=1S/C21H24O8/c1-3-4-17-19(8-7-15(12(2)22)20(17)25)29-11-13(23)10-28-14-5-6-16(21(26)27)18(24)9-14/h5-9,13,23-25H,3-4,10-11H2,1-2H3,(H,26,27). The van der Waals surface area contributed by atoms with E-state index >= 15 is 0 Å². The minimum atomic E-state index is -1.26. The summed E-state index contributed by atoms with van der Waals surface area (Å²) in [5, 5.41) is 39.0. The van der Waals surface area contributed by atoms with E-state index < -0.39 is 17.8 Å². The Morgan fingerprint density at radius 2 is 1.69 bits per heavy atom. The van der Waals surface area contributed by atoms with Gasteiger partial charge in [-0.05, 0) is 37.6 Å². The zero-order valence-corrected chi connectivity index (χ0v) is 16.2. The van der Waals surface area contributed by atoms with Gasteiger partial charge in [0.05, 0.1) is 5.56 Å². The maximum atomic E-state index is 11.6. The van der Waals surface area contributed by atoms with Crippen LogP contribution in [0.3, 0.4) is 0 Å². The van der Waals surface area contributed by atoms with Gasteiger partial charge in [-0.15, -0.1) is 0 Å². The van der Waals surface area contributed by atoms with E-state index in [4.69, 9.17) is 14.6 Å². The molecule has 0 aliphatic heterocycles. The lowest BCUT2D eigenvalue weighted by Crippen LogP contribution is -2.25. The molecule has 0 spiro atoms. The molecule has 8 heteroatoms. The zero-order valence-electron chi connectivity index (χ0n) is 16.2. The van der Waals surface area contributed by atoms with Crippen LogP contribution in [0.2, 0.25) is 0 Å². The quantitative estimate of drug-likeness (QED) is 0.444. The van der Waals surface area contributed by atoms with Gasteiger partial charge >= 0.3 is 5.97 Å². The third kappa shape index (κ3) is 5.61. The van der Waals surface area contributed by atoms with Crippen LogP contribution in [0.4, 0.5) is 0 Å². The number of hydrogen-bond acceptors (Lipinski definition) is 7. The van der Waals surface area contributed by atoms with Crippen molar-refractivity contribution < 1.29 is 39.5 Å². The maximum absolute atomic E-state index is 11.6. The molecular weight excluding hydrogens is 380 g/mol. The van der Waals surface area contributed by atoms with Crippen molar-refractivity contribution in [1.29, 1.82) is 0 Å². The average Bonchev–Trinajstić information content (AvgIpc) is 2.66. The fraction of sp³-hybridized carbons (Fsp3) is 0.333. The molecule has 0 saturated carbocycles. The van der Waals surface area contributed by atoms with Gasteiger partial charge in [0.15, 0.2) is 5.78 Å². The molecule has 4 N–H and O–H groups in total. The first kappa shape index (κ1) is 22.0. The SMILES string of the molecule is CCCc1c(OCC(O)COc2ccc(C(=O)O)c(O)c2)ccc(C(C)=O)c1O. The van der Waals surface area contributed by atoms with E-state index in [-0.39, 0.29) is 41.6 Å². The summed E-state index contributed by atoms with van der Waals surface area (Å²) in [6.07, 6.45) is 0.206. The maximum Gasteiger partial charge on any atom is 0.339 e. The van der Waals surface area contributed by atoms with Gasteiger partial charge in [0, 0.05) is 11.6 Å². The summed E-state index contributed by atoms with van der Waals surface area (Å²) in [5.41, 5.74) is 0.468. The first-order chi connectivity index (χ1) is 13.7. The highest BCUT2D eigenvalue weighted by Crippen LogP contribution is 2.33. The summed E-state index contributed by atoms with van der Waals surface area (Å²) >= 11 is 0. The predicted molar refractivity (Wildman–Crippen MR) is 104 cm³/mol. The Morgan fingerprint density at radius 3 is 2.28 bits per heavy atom. The Bertz CT molecular complexity index is 890. The van der Waals surface area contributed by atoms with Crippen LogP contribution in [0.15, 0.2) is 30.3 Å². The van der Waals surface area contributed by atoms with Crippen LogP contribution < -0.4 is 9.47 Å². The number of rotatable bonds is 10. The number of phenolic OH excluding ortho intramolecular Hbond substituents is 1. The minimum absolute atomic E-state index is 0.114. The molecular formula is C21H24O8. The number of benzene rings is 2. The van der Waals surface area contributed by atoms with E-state index in [1.807, 2.05) is 6.92 Å². The molecule has 0 aliphatic carbocycles. The van der Waals surface area contributed by atoms with E-state index in [0.29, 0.717) is 17.7 Å². The number of ether oxygens (including phenoxy) is 2. The molecule has 0 heterocycles. The van der Waals surface area contributed by atoms with Gasteiger partial charge in [0.1, 0.15) is 47.9 Å². The molecule has 156 valence electrons. The van der Waals surface area contributed by atoms with E-state index in [9.17, 15) is 24.9 Å². The van der Waals surface area contributed by atoms with Gasteiger partial charge in [0.2, 0.25) is 0 Å². The van der Waals surface area contributed by atoms with E-state index in [1.165, 1.54) is 25.1 Å². The minimum Gasteiger partial charge on any atom is -0.507 e. The van der Waals surface area contributed by atoms with Crippen molar-refractivity contribution in [3.05, 3.63) is 47.0 Å². The summed E-state index contributed by atoms with van der Waals surface area (Å²) in [6.45, 7) is 3.01. The fourth-order valence-electron chi connectivity index (χ4n) is 2.74. The normalized spacial score (nSPS) is 11.7. The van der Waals surface area contributed by atoms with Gasteiger partial charge in [-0.3, -0.25) is 4.79 Å². The molecule has 8 nitrogen and oxygen atoms in total. The average molecular weight is 404 g/mol. The zero-order chi connectivity index (χ0) is 21.6. The van der Waals surface area contributed by atoms with Gasteiger partial charge in [-0.25, -0.2) is 4.79 Å². The first-order valence-corrected chi connectivity index (χ1v) is 9.10. The predicted octanol–water partition coefficient (Wildman–Crippen LogP) is 2.77. The number of carboxylic acids is 1. The Labute approximate surface area is 168 Å². The Hall–Kier alpha value is -3.26. The number of phenols is 2. The van der Waals surface area contributed by atoms with Gasteiger partial charge in [-0.1, -0.05) is 13.3 Å². The molecule has 29 heavy (non-hydrogen) atoms. The molecule has 0 amide bonds. The molecule has 2 aromatic carbocycles. The summed E-state index contributed by atoms with van der Waals surface area (Å²) < 4.78 is 10.9. The highest BCUT2D eigenvalue weighted by molar-refractivity contribution is 5.97. The van der Waals surface area contributed by atoms with Crippen molar-refractivity contribution in [2.45, 2.75) is 32.8 Å². The van der Waals surface area contributed by atoms with E-state index in [2.05, 4.69) is 0 Å². The van der Waals surface area contributed by atoms with Crippen LogP contribution in [0, 0.1) is 0 Å². The van der Waals surface area contributed by atoms with Crippen LogP contribution in [0.5, 0.6) is 23.0 Å². The Kier molecular flexibility index (Phi) is 7.44. The van der Waals surface area contributed by atoms with Crippen LogP contribution >= 0.6 is 0 Å². The second-order valence-corrected chi connectivity index (χ2v) is 6.50. The largest absolute Gasteiger partial charge is 0.507 e. The van der Waals surface area contributed by atoms with E-state index in [1.54, 1.807) is 6.07 Å². The Balaban J connectivity index is 1.99. The molecule has 0 saturated heterocycles. The second-order valence-electron chi connectivity index (χ2n) is 6.50. The van der Waals surface area contributed by atoms with Crippen molar-refractivity contribution in [2.75, 3.05) is 13.2 Å². The molecule has 2 aromatic rings. The molecule has 0 aromatic heterocycles. The number of aromatic hydroxyl groups is 2. The smallest absolute Gasteiger partial charge is 0.339 e. The second kappa shape index (κ2) is 9.79.